The molecule has 2 saturated carbocycles. The molecule has 0 radical (unpaired) electrons. The maximum Gasteiger partial charge on any atom is 0.0195 e. The largest absolute Gasteiger partial charge is 0.122 e. The molecule has 9 atom stereocenters. The van der Waals surface area contributed by atoms with Crippen molar-refractivity contribution in [1.29, 1.82) is 0 Å². The highest BCUT2D eigenvalue weighted by atomic mass is 32.2. The Hall–Kier alpha value is -1.73. The third-order valence-corrected chi connectivity index (χ3v) is 11.5. The summed E-state index contributed by atoms with van der Waals surface area (Å²) < 4.78 is 0. The normalized spacial score (nSPS) is 39.5. The Morgan fingerprint density at radius 2 is 1.62 bits per heavy atom. The molecule has 1 aromatic rings. The number of hydrogen-bond acceptors (Lipinski definition) is 1. The molecule has 0 nitrogen and oxygen atoms in total. The van der Waals surface area contributed by atoms with E-state index in [0.29, 0.717) is 23.7 Å². The summed E-state index contributed by atoms with van der Waals surface area (Å²) in [6, 6.07) is 9.28. The van der Waals surface area contributed by atoms with Crippen molar-refractivity contribution in [2.75, 3.05) is 0 Å². The van der Waals surface area contributed by atoms with Gasteiger partial charge in [-0.05, 0) is 90.6 Å². The Balaban J connectivity index is 1.28. The van der Waals surface area contributed by atoms with Gasteiger partial charge in [-0.2, -0.15) is 0 Å². The maximum absolute atomic E-state index is 3.98. The van der Waals surface area contributed by atoms with Crippen LogP contribution in [0.25, 0.3) is 0 Å². The maximum atomic E-state index is 3.98. The zero-order valence-electron chi connectivity index (χ0n) is 20.6. The van der Waals surface area contributed by atoms with E-state index in [4.69, 9.17) is 0 Å². The van der Waals surface area contributed by atoms with E-state index in [9.17, 15) is 0 Å². The molecular weight excluding hydrogens is 428 g/mol. The van der Waals surface area contributed by atoms with Crippen molar-refractivity contribution >= 4 is 11.8 Å². The van der Waals surface area contributed by atoms with Crippen LogP contribution >= 0.6 is 11.8 Å². The highest BCUT2D eigenvalue weighted by molar-refractivity contribution is 8.00. The first-order chi connectivity index (χ1) is 16.8. The van der Waals surface area contributed by atoms with Crippen LogP contribution in [0, 0.1) is 47.3 Å². The van der Waals surface area contributed by atoms with E-state index in [2.05, 4.69) is 104 Å². The van der Waals surface area contributed by atoms with Gasteiger partial charge in [-0.1, -0.05) is 92.6 Å². The molecule has 178 valence electrons. The van der Waals surface area contributed by atoms with Crippen molar-refractivity contribution in [2.24, 2.45) is 47.3 Å². The Bertz CT molecular complexity index is 977. The van der Waals surface area contributed by atoms with Crippen molar-refractivity contribution in [1.82, 2.24) is 0 Å². The lowest BCUT2D eigenvalue weighted by atomic mass is 9.69. The highest BCUT2D eigenvalue weighted by Crippen LogP contribution is 2.61. The smallest absolute Gasteiger partial charge is 0.0195 e. The molecule has 2 fully saturated rings. The summed E-state index contributed by atoms with van der Waals surface area (Å²) in [5.41, 5.74) is 1.65. The predicted octanol–water partition coefficient (Wildman–Crippen LogP) is 9.00. The number of benzene rings is 1. The number of unbranched alkanes of at least 4 members (excludes halogenated alkanes) is 2. The number of thioether (sulfide) groups is 1. The molecule has 1 heteroatoms. The average Bonchev–Trinajstić information content (AvgIpc) is 3.49. The molecule has 4 aliphatic carbocycles. The van der Waals surface area contributed by atoms with Crippen LogP contribution in [0.15, 0.2) is 90.4 Å². The number of allylic oxidation sites excluding steroid dienone is 9. The zero-order chi connectivity index (χ0) is 23.1. The first kappa shape index (κ1) is 22.7. The van der Waals surface area contributed by atoms with Gasteiger partial charge in [-0.15, -0.1) is 18.3 Å². The zero-order valence-corrected chi connectivity index (χ0v) is 21.5. The summed E-state index contributed by atoms with van der Waals surface area (Å²) in [6.45, 7) is 6.54. The van der Waals surface area contributed by atoms with Gasteiger partial charge in [0.1, 0.15) is 0 Å². The third kappa shape index (κ3) is 3.93. The highest BCUT2D eigenvalue weighted by Gasteiger charge is 2.52. The molecule has 0 bridgehead atoms. The van der Waals surface area contributed by atoms with E-state index >= 15 is 0 Å². The molecule has 0 N–H and O–H groups in total. The van der Waals surface area contributed by atoms with E-state index in [1.54, 1.807) is 10.5 Å². The molecule has 9 unspecified atom stereocenters. The standard InChI is InChI=1S/C33H40S/c1-3-4-5-6-13-23(32-27-17-9-7-14-24(27)25-15-8-10-18-28(25)32)21-29-22(2)20-30-26-16-11-12-19-31(26)34-33(29)30/h3,7-12,14-19,22-25,27-30,32-33H,1,4-6,13,20-21H2,2H3. The summed E-state index contributed by atoms with van der Waals surface area (Å²) >= 11 is 2.22. The molecule has 1 aliphatic heterocycles. The van der Waals surface area contributed by atoms with Crippen molar-refractivity contribution < 1.29 is 0 Å². The van der Waals surface area contributed by atoms with Gasteiger partial charge in [0.25, 0.3) is 0 Å². The quantitative estimate of drug-likeness (QED) is 0.271. The SMILES string of the molecule is C=CCCCCC(CC1C(C)CC2c3ccccc3SC21)C1C2C=CC=CC2C2C=CC=CC21. The molecule has 0 spiro atoms. The Morgan fingerprint density at radius 1 is 0.941 bits per heavy atom. The third-order valence-electron chi connectivity index (χ3n) is 9.89. The van der Waals surface area contributed by atoms with Gasteiger partial charge in [0.15, 0.2) is 0 Å². The summed E-state index contributed by atoms with van der Waals surface area (Å²) in [5, 5.41) is 0.791. The van der Waals surface area contributed by atoms with Crippen LogP contribution in [0.3, 0.4) is 0 Å². The average molecular weight is 469 g/mol. The minimum Gasteiger partial charge on any atom is -0.122 e. The fourth-order valence-corrected chi connectivity index (χ4v) is 10.2. The van der Waals surface area contributed by atoms with Crippen molar-refractivity contribution in [3.8, 4) is 0 Å². The van der Waals surface area contributed by atoms with Crippen LogP contribution in [-0.2, 0) is 0 Å². The fourth-order valence-electron chi connectivity index (χ4n) is 8.43. The Morgan fingerprint density at radius 3 is 2.32 bits per heavy atom. The molecule has 5 aliphatic rings. The molecule has 6 rings (SSSR count). The van der Waals surface area contributed by atoms with E-state index < -0.39 is 0 Å². The molecular formula is C33H40S. The van der Waals surface area contributed by atoms with Crippen LogP contribution in [-0.4, -0.2) is 5.25 Å². The van der Waals surface area contributed by atoms with Crippen molar-refractivity contribution in [2.45, 2.75) is 61.5 Å². The first-order valence-corrected chi connectivity index (χ1v) is 14.7. The van der Waals surface area contributed by atoms with Gasteiger partial charge in [0, 0.05) is 10.1 Å². The van der Waals surface area contributed by atoms with E-state index in [1.807, 2.05) is 0 Å². The van der Waals surface area contributed by atoms with Crippen LogP contribution in [0.4, 0.5) is 0 Å². The van der Waals surface area contributed by atoms with Gasteiger partial charge in [-0.25, -0.2) is 0 Å². The molecule has 0 saturated heterocycles. The Labute approximate surface area is 211 Å². The van der Waals surface area contributed by atoms with Gasteiger partial charge in [0.2, 0.25) is 0 Å². The minimum atomic E-state index is 0.690. The van der Waals surface area contributed by atoms with E-state index in [1.165, 1.54) is 32.1 Å². The van der Waals surface area contributed by atoms with Crippen LogP contribution in [0.2, 0.25) is 0 Å². The summed E-state index contributed by atoms with van der Waals surface area (Å²) in [4.78, 5) is 1.57. The van der Waals surface area contributed by atoms with Crippen LogP contribution in [0.1, 0.15) is 56.9 Å². The second-order valence-corrected chi connectivity index (χ2v) is 12.8. The lowest BCUT2D eigenvalue weighted by Gasteiger charge is -2.36. The van der Waals surface area contributed by atoms with E-state index in [-0.39, 0.29) is 0 Å². The van der Waals surface area contributed by atoms with Crippen molar-refractivity contribution in [3.05, 3.63) is 91.1 Å². The lowest BCUT2D eigenvalue weighted by molar-refractivity contribution is 0.177. The topological polar surface area (TPSA) is 0 Å². The minimum absolute atomic E-state index is 0.690. The number of hydrogen-bond donors (Lipinski definition) is 0. The lowest BCUT2D eigenvalue weighted by Crippen LogP contribution is -2.30. The van der Waals surface area contributed by atoms with Gasteiger partial charge in [0.05, 0.1) is 0 Å². The number of fused-ring (bicyclic) bond motifs is 6. The van der Waals surface area contributed by atoms with Crippen LogP contribution < -0.4 is 0 Å². The Kier molecular flexibility index (Phi) is 6.50. The fraction of sp³-hybridized carbons (Fsp3) is 0.515. The van der Waals surface area contributed by atoms with Gasteiger partial charge < -0.3 is 0 Å². The second kappa shape index (κ2) is 9.73. The van der Waals surface area contributed by atoms with Crippen LogP contribution in [0.5, 0.6) is 0 Å². The monoisotopic (exact) mass is 468 g/mol. The molecule has 0 amide bonds. The second-order valence-electron chi connectivity index (χ2n) is 11.6. The van der Waals surface area contributed by atoms with Crippen molar-refractivity contribution in [3.63, 3.8) is 0 Å². The van der Waals surface area contributed by atoms with E-state index in [0.717, 1.165) is 41.3 Å². The molecule has 1 heterocycles. The summed E-state index contributed by atoms with van der Waals surface area (Å²) in [6.07, 6.45) is 29.6. The first-order valence-electron chi connectivity index (χ1n) is 13.8. The van der Waals surface area contributed by atoms with Gasteiger partial charge >= 0.3 is 0 Å². The molecule has 34 heavy (non-hydrogen) atoms. The predicted molar refractivity (Wildman–Crippen MR) is 147 cm³/mol. The molecule has 1 aromatic carbocycles. The summed E-state index contributed by atoms with van der Waals surface area (Å²) in [5.74, 6) is 6.85. The number of rotatable bonds is 8. The van der Waals surface area contributed by atoms with Gasteiger partial charge in [-0.3, -0.25) is 0 Å². The molecule has 0 aromatic heterocycles. The summed E-state index contributed by atoms with van der Waals surface area (Å²) in [7, 11) is 0.